The number of pyridine rings is 1. The van der Waals surface area contributed by atoms with Crippen molar-refractivity contribution >= 4 is 63.7 Å². The largest absolute Gasteiger partial charge is 0.431 e. The van der Waals surface area contributed by atoms with Gasteiger partial charge < -0.3 is 34.9 Å². The van der Waals surface area contributed by atoms with Crippen LogP contribution in [0.25, 0.3) is 10.3 Å². The lowest BCUT2D eigenvalue weighted by atomic mass is 10.1. The van der Waals surface area contributed by atoms with Crippen LogP contribution in [0.5, 0.6) is 0 Å². The molecule has 1 amide bonds. The lowest BCUT2D eigenvalue weighted by Gasteiger charge is -2.29. The van der Waals surface area contributed by atoms with Crippen LogP contribution in [0, 0.1) is 0 Å². The number of carbonyl (C=O) groups is 1. The van der Waals surface area contributed by atoms with Gasteiger partial charge in [0.2, 0.25) is 0 Å². The molecular weight excluding hydrogens is 500 g/mol. The zero-order valence-electron chi connectivity index (χ0n) is 20.1. The first kappa shape index (κ1) is 25.1. The summed E-state index contributed by atoms with van der Waals surface area (Å²) in [5.74, 6) is 0.444. The molecule has 3 N–H and O–H groups in total. The van der Waals surface area contributed by atoms with Gasteiger partial charge in [-0.25, -0.2) is 4.98 Å². The van der Waals surface area contributed by atoms with Gasteiger partial charge in [0.25, 0.3) is 11.9 Å². The van der Waals surface area contributed by atoms with E-state index in [0.717, 1.165) is 67.6 Å². The highest BCUT2D eigenvalue weighted by molar-refractivity contribution is 7.59. The number of anilines is 4. The zero-order chi connectivity index (χ0) is 23.8. The summed E-state index contributed by atoms with van der Waals surface area (Å²) in [6, 6.07) is 2.53. The average Bonchev–Trinajstić information content (AvgIpc) is 3.64. The minimum Gasteiger partial charge on any atom is -0.431 e. The number of oxazole rings is 1. The number of fused-ring (bicyclic) bond motifs is 1. The van der Waals surface area contributed by atoms with Gasteiger partial charge in [0.05, 0.1) is 23.6 Å². The lowest BCUT2D eigenvalue weighted by molar-refractivity contribution is 0.102. The number of aromatic nitrogens is 3. The van der Waals surface area contributed by atoms with Crippen LogP contribution >= 0.6 is 24.8 Å². The number of hydrogen-bond donors (Lipinski definition) is 2. The van der Waals surface area contributed by atoms with E-state index in [-0.39, 0.29) is 31.1 Å². The molecule has 0 bridgehead atoms. The van der Waals surface area contributed by atoms with Crippen LogP contribution in [0.15, 0.2) is 16.7 Å². The smallest absolute Gasteiger partial charge is 0.298 e. The van der Waals surface area contributed by atoms with Crippen LogP contribution in [-0.4, -0.2) is 79.4 Å². The van der Waals surface area contributed by atoms with Gasteiger partial charge in [-0.1, -0.05) is 11.3 Å². The van der Waals surface area contributed by atoms with E-state index in [0.29, 0.717) is 37.1 Å². The SMILES string of the molecule is N[C@H]1CCN(c2nc(C(=O)Nc3cc4sc(N5CCOCC5)nc4nc3N3CCCCC3)co2)C1.S. The van der Waals surface area contributed by atoms with E-state index in [4.69, 9.17) is 24.9 Å². The molecule has 3 aromatic rings. The Morgan fingerprint density at radius 2 is 1.83 bits per heavy atom. The van der Waals surface area contributed by atoms with Gasteiger partial charge in [0, 0.05) is 45.3 Å². The van der Waals surface area contributed by atoms with E-state index in [1.807, 2.05) is 11.0 Å². The summed E-state index contributed by atoms with van der Waals surface area (Å²) in [6.07, 6.45) is 5.71. The summed E-state index contributed by atoms with van der Waals surface area (Å²) in [4.78, 5) is 33.8. The molecule has 3 saturated heterocycles. The first-order valence-corrected chi connectivity index (χ1v) is 13.1. The molecule has 194 valence electrons. The number of thiazole rings is 1. The molecule has 1 atom stereocenters. The number of hydrogen-bond acceptors (Lipinski definition) is 11. The molecule has 13 heteroatoms. The fraction of sp³-hybridized carbons (Fsp3) is 0.565. The van der Waals surface area contributed by atoms with Crippen molar-refractivity contribution in [3.63, 3.8) is 0 Å². The Kier molecular flexibility index (Phi) is 7.51. The number of rotatable bonds is 5. The van der Waals surface area contributed by atoms with E-state index >= 15 is 0 Å². The van der Waals surface area contributed by atoms with E-state index in [2.05, 4.69) is 20.1 Å². The van der Waals surface area contributed by atoms with Crippen molar-refractivity contribution in [2.24, 2.45) is 5.73 Å². The van der Waals surface area contributed by atoms with Crippen molar-refractivity contribution < 1.29 is 13.9 Å². The average molecular weight is 533 g/mol. The Morgan fingerprint density at radius 1 is 1.03 bits per heavy atom. The van der Waals surface area contributed by atoms with Gasteiger partial charge in [-0.2, -0.15) is 23.5 Å². The molecule has 6 heterocycles. The molecule has 0 spiro atoms. The second-order valence-corrected chi connectivity index (χ2v) is 10.3. The van der Waals surface area contributed by atoms with Gasteiger partial charge in [-0.05, 0) is 31.7 Å². The van der Waals surface area contributed by atoms with Crippen LogP contribution in [-0.2, 0) is 4.74 Å². The van der Waals surface area contributed by atoms with Crippen LogP contribution in [0.1, 0.15) is 36.2 Å². The summed E-state index contributed by atoms with van der Waals surface area (Å²) >= 11 is 1.59. The van der Waals surface area contributed by atoms with Gasteiger partial charge >= 0.3 is 0 Å². The Morgan fingerprint density at radius 3 is 2.58 bits per heavy atom. The molecule has 0 unspecified atom stereocenters. The molecule has 3 aromatic heterocycles. The number of nitrogens with zero attached hydrogens (tertiary/aromatic N) is 6. The Labute approximate surface area is 220 Å². The molecule has 0 saturated carbocycles. The number of piperidine rings is 1. The number of ether oxygens (including phenoxy) is 1. The maximum Gasteiger partial charge on any atom is 0.298 e. The summed E-state index contributed by atoms with van der Waals surface area (Å²) < 4.78 is 12.0. The molecule has 36 heavy (non-hydrogen) atoms. The van der Waals surface area contributed by atoms with Crippen molar-refractivity contribution in [3.8, 4) is 0 Å². The number of nitrogens with two attached hydrogens (primary N) is 1. The first-order chi connectivity index (χ1) is 17.1. The van der Waals surface area contributed by atoms with Crippen molar-refractivity contribution in [2.45, 2.75) is 31.7 Å². The fourth-order valence-electron chi connectivity index (χ4n) is 4.83. The maximum atomic E-state index is 13.2. The molecule has 6 rings (SSSR count). The lowest BCUT2D eigenvalue weighted by Crippen LogP contribution is -2.36. The van der Waals surface area contributed by atoms with Crippen molar-refractivity contribution in [1.82, 2.24) is 15.0 Å². The minimum atomic E-state index is -0.319. The van der Waals surface area contributed by atoms with Crippen molar-refractivity contribution in [3.05, 3.63) is 18.0 Å². The van der Waals surface area contributed by atoms with Crippen LogP contribution in [0.3, 0.4) is 0 Å². The Bertz CT molecular complexity index is 1210. The summed E-state index contributed by atoms with van der Waals surface area (Å²) in [5, 5.41) is 3.99. The van der Waals surface area contributed by atoms with Gasteiger partial charge in [-0.15, -0.1) is 0 Å². The second kappa shape index (κ2) is 10.8. The van der Waals surface area contributed by atoms with Crippen LogP contribution in [0.2, 0.25) is 0 Å². The van der Waals surface area contributed by atoms with E-state index in [9.17, 15) is 4.79 Å². The maximum absolute atomic E-state index is 13.2. The number of carbonyl (C=O) groups excluding carboxylic acids is 1. The standard InChI is InChI=1S/C23H30N8O3S.H2S/c24-15-4-7-31(13-15)22-26-17(14-34-22)21(32)25-16-12-18-19(27-20(16)29-5-2-1-3-6-29)28-23(35-18)30-8-10-33-11-9-30;/h12,14-15H,1-11,13,24H2,(H,25,32);1H2/t15-;/m0./s1. The third-order valence-electron chi connectivity index (χ3n) is 6.76. The van der Waals surface area contributed by atoms with Crippen LogP contribution in [0.4, 0.5) is 22.7 Å². The summed E-state index contributed by atoms with van der Waals surface area (Å²) in [6.45, 7) is 6.31. The zero-order valence-corrected chi connectivity index (χ0v) is 21.9. The Balaban J connectivity index is 0.00000267. The van der Waals surface area contributed by atoms with Gasteiger partial charge in [0.1, 0.15) is 6.26 Å². The van der Waals surface area contributed by atoms with E-state index < -0.39 is 0 Å². The molecule has 3 fully saturated rings. The molecule has 3 aliphatic heterocycles. The summed E-state index contributed by atoms with van der Waals surface area (Å²) in [7, 11) is 0. The monoisotopic (exact) mass is 532 g/mol. The van der Waals surface area contributed by atoms with E-state index in [1.165, 1.54) is 12.7 Å². The highest BCUT2D eigenvalue weighted by Gasteiger charge is 2.26. The second-order valence-electron chi connectivity index (χ2n) is 9.29. The quantitative estimate of drug-likeness (QED) is 0.506. The fourth-order valence-corrected chi connectivity index (χ4v) is 5.83. The highest BCUT2D eigenvalue weighted by atomic mass is 32.1. The normalized spacial score (nSPS) is 20.6. The topological polar surface area (TPSA) is 126 Å². The molecule has 11 nitrogen and oxygen atoms in total. The Hall–Kier alpha value is -2.61. The predicted molar refractivity (Wildman–Crippen MR) is 146 cm³/mol. The van der Waals surface area contributed by atoms with Crippen molar-refractivity contribution in [2.75, 3.05) is 72.5 Å². The van der Waals surface area contributed by atoms with Gasteiger partial charge in [0.15, 0.2) is 22.3 Å². The third kappa shape index (κ3) is 5.10. The van der Waals surface area contributed by atoms with Gasteiger partial charge in [-0.3, -0.25) is 4.79 Å². The van der Waals surface area contributed by atoms with E-state index in [1.54, 1.807) is 11.3 Å². The molecule has 3 aliphatic rings. The number of nitrogens with one attached hydrogen (secondary N) is 1. The molecule has 0 aromatic carbocycles. The number of amides is 1. The molecular formula is C23H32N8O3S2. The molecule has 0 radical (unpaired) electrons. The van der Waals surface area contributed by atoms with Crippen molar-refractivity contribution in [1.29, 1.82) is 0 Å². The summed E-state index contributed by atoms with van der Waals surface area (Å²) in [5.41, 5.74) is 7.62. The minimum absolute atomic E-state index is 0. The number of morpholine rings is 1. The molecule has 0 aliphatic carbocycles. The van der Waals surface area contributed by atoms with Crippen LogP contribution < -0.4 is 25.8 Å². The predicted octanol–water partition coefficient (Wildman–Crippen LogP) is 2.41. The first-order valence-electron chi connectivity index (χ1n) is 12.3. The highest BCUT2D eigenvalue weighted by Crippen LogP contribution is 2.35. The third-order valence-corrected chi connectivity index (χ3v) is 7.81.